The minimum atomic E-state index is 0.791. The molecule has 1 rings (SSSR count). The summed E-state index contributed by atoms with van der Waals surface area (Å²) >= 11 is 0. The van der Waals surface area contributed by atoms with Crippen LogP contribution < -0.4 is 0 Å². The summed E-state index contributed by atoms with van der Waals surface area (Å²) in [6, 6.07) is 1.98. The molecular formula is C8H10N2. The van der Waals surface area contributed by atoms with Gasteiger partial charge in [0.2, 0.25) is 0 Å². The van der Waals surface area contributed by atoms with E-state index in [0.29, 0.717) is 0 Å². The first kappa shape index (κ1) is 6.88. The van der Waals surface area contributed by atoms with Crippen LogP contribution in [0.25, 0.3) is 0 Å². The molecule has 0 fully saturated rings. The van der Waals surface area contributed by atoms with Crippen molar-refractivity contribution in [1.82, 2.24) is 9.78 Å². The lowest BCUT2D eigenvalue weighted by Crippen LogP contribution is -1.96. The summed E-state index contributed by atoms with van der Waals surface area (Å²) in [6.45, 7) is 0. The SMILES string of the molecule is C#CCCc1ccnn1C. The van der Waals surface area contributed by atoms with E-state index in [-0.39, 0.29) is 0 Å². The first-order chi connectivity index (χ1) is 4.84. The number of terminal acetylenes is 1. The Balaban J connectivity index is 2.59. The Morgan fingerprint density at radius 1 is 1.80 bits per heavy atom. The summed E-state index contributed by atoms with van der Waals surface area (Å²) in [5.41, 5.74) is 1.19. The predicted molar refractivity (Wildman–Crippen MR) is 40.4 cm³/mol. The van der Waals surface area contributed by atoms with Crippen LogP contribution in [-0.2, 0) is 13.5 Å². The molecule has 0 saturated carbocycles. The van der Waals surface area contributed by atoms with Crippen molar-refractivity contribution in [3.05, 3.63) is 18.0 Å². The monoisotopic (exact) mass is 134 g/mol. The molecule has 0 aliphatic rings. The third kappa shape index (κ3) is 1.38. The average molecular weight is 134 g/mol. The maximum Gasteiger partial charge on any atom is 0.0492 e. The van der Waals surface area contributed by atoms with E-state index in [4.69, 9.17) is 6.42 Å². The van der Waals surface area contributed by atoms with Crippen LogP contribution in [-0.4, -0.2) is 9.78 Å². The second kappa shape index (κ2) is 3.07. The van der Waals surface area contributed by atoms with Gasteiger partial charge in [-0.15, -0.1) is 12.3 Å². The number of rotatable bonds is 2. The predicted octanol–water partition coefficient (Wildman–Crippen LogP) is 0.986. The fraction of sp³-hybridized carbons (Fsp3) is 0.375. The van der Waals surface area contributed by atoms with Crippen molar-refractivity contribution in [1.29, 1.82) is 0 Å². The molecule has 0 unspecified atom stereocenters. The molecule has 1 aromatic rings. The van der Waals surface area contributed by atoms with E-state index in [0.717, 1.165) is 12.8 Å². The van der Waals surface area contributed by atoms with Gasteiger partial charge in [-0.1, -0.05) is 0 Å². The van der Waals surface area contributed by atoms with Gasteiger partial charge in [0.05, 0.1) is 0 Å². The van der Waals surface area contributed by atoms with E-state index in [1.807, 2.05) is 17.8 Å². The zero-order chi connectivity index (χ0) is 7.40. The summed E-state index contributed by atoms with van der Waals surface area (Å²) in [7, 11) is 1.92. The zero-order valence-corrected chi connectivity index (χ0v) is 6.04. The molecule has 0 atom stereocenters. The minimum absolute atomic E-state index is 0.791. The molecular weight excluding hydrogens is 124 g/mol. The van der Waals surface area contributed by atoms with Crippen molar-refractivity contribution >= 4 is 0 Å². The lowest BCUT2D eigenvalue weighted by molar-refractivity contribution is 0.709. The number of hydrogen-bond donors (Lipinski definition) is 0. The van der Waals surface area contributed by atoms with Gasteiger partial charge in [0.1, 0.15) is 0 Å². The molecule has 0 N–H and O–H groups in total. The molecule has 0 aromatic carbocycles. The van der Waals surface area contributed by atoms with Gasteiger partial charge in [0.15, 0.2) is 0 Å². The Hall–Kier alpha value is -1.23. The number of aromatic nitrogens is 2. The first-order valence-electron chi connectivity index (χ1n) is 3.25. The largest absolute Gasteiger partial charge is 0.273 e. The summed E-state index contributed by atoms with van der Waals surface area (Å²) < 4.78 is 1.84. The van der Waals surface area contributed by atoms with Crippen molar-refractivity contribution in [3.63, 3.8) is 0 Å². The Morgan fingerprint density at radius 3 is 3.10 bits per heavy atom. The summed E-state index contributed by atoms with van der Waals surface area (Å²) in [5, 5.41) is 4.02. The summed E-state index contributed by atoms with van der Waals surface area (Å²) in [4.78, 5) is 0. The van der Waals surface area contributed by atoms with E-state index in [2.05, 4.69) is 11.0 Å². The molecule has 2 heteroatoms. The van der Waals surface area contributed by atoms with Gasteiger partial charge in [0, 0.05) is 31.8 Å². The van der Waals surface area contributed by atoms with Crippen LogP contribution in [0.1, 0.15) is 12.1 Å². The van der Waals surface area contributed by atoms with Gasteiger partial charge >= 0.3 is 0 Å². The van der Waals surface area contributed by atoms with Crippen molar-refractivity contribution in [2.24, 2.45) is 7.05 Å². The highest BCUT2D eigenvalue weighted by atomic mass is 15.2. The highest BCUT2D eigenvalue weighted by Crippen LogP contribution is 1.98. The number of hydrogen-bond acceptors (Lipinski definition) is 1. The smallest absolute Gasteiger partial charge is 0.0492 e. The van der Waals surface area contributed by atoms with Crippen LogP contribution in [0.3, 0.4) is 0 Å². The number of nitrogens with zero attached hydrogens (tertiary/aromatic N) is 2. The third-order valence-electron chi connectivity index (χ3n) is 1.45. The maximum absolute atomic E-state index is 5.12. The molecule has 0 spiro atoms. The van der Waals surface area contributed by atoms with Gasteiger partial charge < -0.3 is 0 Å². The molecule has 52 valence electrons. The Kier molecular flexibility index (Phi) is 2.11. The lowest BCUT2D eigenvalue weighted by atomic mass is 10.2. The Morgan fingerprint density at radius 2 is 2.60 bits per heavy atom. The highest BCUT2D eigenvalue weighted by molar-refractivity contribution is 5.02. The van der Waals surface area contributed by atoms with Gasteiger partial charge in [0.25, 0.3) is 0 Å². The molecule has 0 aliphatic heterocycles. The first-order valence-corrected chi connectivity index (χ1v) is 3.25. The maximum atomic E-state index is 5.12. The Labute approximate surface area is 60.9 Å². The third-order valence-corrected chi connectivity index (χ3v) is 1.45. The Bertz CT molecular complexity index is 242. The normalized spacial score (nSPS) is 9.20. The van der Waals surface area contributed by atoms with E-state index in [9.17, 15) is 0 Å². The summed E-state index contributed by atoms with van der Waals surface area (Å²) in [5.74, 6) is 2.59. The fourth-order valence-corrected chi connectivity index (χ4v) is 0.847. The second-order valence-corrected chi connectivity index (χ2v) is 2.15. The van der Waals surface area contributed by atoms with E-state index in [1.54, 1.807) is 6.20 Å². The standard InChI is InChI=1S/C8H10N2/c1-3-4-5-8-6-7-9-10(8)2/h1,6-7H,4-5H2,2H3. The van der Waals surface area contributed by atoms with E-state index in [1.165, 1.54) is 5.69 Å². The quantitative estimate of drug-likeness (QED) is 0.551. The van der Waals surface area contributed by atoms with Crippen molar-refractivity contribution < 1.29 is 0 Å². The highest BCUT2D eigenvalue weighted by Gasteiger charge is 1.94. The van der Waals surface area contributed by atoms with Crippen molar-refractivity contribution in [2.45, 2.75) is 12.8 Å². The van der Waals surface area contributed by atoms with E-state index < -0.39 is 0 Å². The number of aryl methyl sites for hydroxylation is 2. The molecule has 2 nitrogen and oxygen atoms in total. The van der Waals surface area contributed by atoms with Gasteiger partial charge in [-0.25, -0.2) is 0 Å². The van der Waals surface area contributed by atoms with Crippen molar-refractivity contribution in [3.8, 4) is 12.3 Å². The van der Waals surface area contributed by atoms with Crippen molar-refractivity contribution in [2.75, 3.05) is 0 Å². The molecule has 1 heterocycles. The minimum Gasteiger partial charge on any atom is -0.273 e. The zero-order valence-electron chi connectivity index (χ0n) is 6.04. The fourth-order valence-electron chi connectivity index (χ4n) is 0.847. The van der Waals surface area contributed by atoms with Crippen LogP contribution in [0.5, 0.6) is 0 Å². The van der Waals surface area contributed by atoms with E-state index >= 15 is 0 Å². The van der Waals surface area contributed by atoms with Crippen LogP contribution >= 0.6 is 0 Å². The van der Waals surface area contributed by atoms with Gasteiger partial charge in [-0.2, -0.15) is 5.10 Å². The average Bonchev–Trinajstić information content (AvgIpc) is 2.31. The van der Waals surface area contributed by atoms with Gasteiger partial charge in [-0.3, -0.25) is 4.68 Å². The van der Waals surface area contributed by atoms with Crippen LogP contribution in [0.15, 0.2) is 12.3 Å². The van der Waals surface area contributed by atoms with Crippen LogP contribution in [0.4, 0.5) is 0 Å². The molecule has 10 heavy (non-hydrogen) atoms. The molecule has 0 amide bonds. The van der Waals surface area contributed by atoms with Crippen LogP contribution in [0, 0.1) is 12.3 Å². The molecule has 0 saturated heterocycles. The topological polar surface area (TPSA) is 17.8 Å². The molecule has 0 bridgehead atoms. The second-order valence-electron chi connectivity index (χ2n) is 2.15. The lowest BCUT2D eigenvalue weighted by Gasteiger charge is -1.95. The summed E-state index contributed by atoms with van der Waals surface area (Å²) in [6.07, 6.45) is 8.61. The van der Waals surface area contributed by atoms with Gasteiger partial charge in [-0.05, 0) is 6.07 Å². The molecule has 0 radical (unpaired) electrons. The van der Waals surface area contributed by atoms with Crippen LogP contribution in [0.2, 0.25) is 0 Å². The molecule has 1 aromatic heterocycles. The molecule has 0 aliphatic carbocycles.